The number of fused-ring (bicyclic) bond motifs is 1. The van der Waals surface area contributed by atoms with Gasteiger partial charge in [0.25, 0.3) is 11.8 Å². The number of carbonyl (C=O) groups is 3. The predicted molar refractivity (Wildman–Crippen MR) is 118 cm³/mol. The highest BCUT2D eigenvalue weighted by atomic mass is 35.5. The summed E-state index contributed by atoms with van der Waals surface area (Å²) >= 11 is 11.9. The van der Waals surface area contributed by atoms with Crippen LogP contribution in [0.5, 0.6) is 5.75 Å². The average molecular weight is 455 g/mol. The number of amides is 2. The SMILES string of the molecule is O=C1COc2ccc(C(=O)c3ccccc3C(=O)NCc3ccc(Cl)c(Cl)c3)cc2N1. The minimum atomic E-state index is -0.399. The summed E-state index contributed by atoms with van der Waals surface area (Å²) in [5.74, 6) is -0.546. The smallest absolute Gasteiger partial charge is 0.262 e. The van der Waals surface area contributed by atoms with E-state index in [-0.39, 0.29) is 36.0 Å². The average Bonchev–Trinajstić information content (AvgIpc) is 2.78. The number of halogens is 2. The van der Waals surface area contributed by atoms with Gasteiger partial charge < -0.3 is 15.4 Å². The highest BCUT2D eigenvalue weighted by Crippen LogP contribution is 2.29. The van der Waals surface area contributed by atoms with Crippen molar-refractivity contribution in [1.82, 2.24) is 5.32 Å². The highest BCUT2D eigenvalue weighted by Gasteiger charge is 2.21. The van der Waals surface area contributed by atoms with Gasteiger partial charge in [-0.15, -0.1) is 0 Å². The van der Waals surface area contributed by atoms with E-state index < -0.39 is 5.91 Å². The van der Waals surface area contributed by atoms with Crippen LogP contribution < -0.4 is 15.4 Å². The van der Waals surface area contributed by atoms with Crippen molar-refractivity contribution in [2.75, 3.05) is 11.9 Å². The number of benzene rings is 3. The van der Waals surface area contributed by atoms with Crippen LogP contribution >= 0.6 is 23.2 Å². The van der Waals surface area contributed by atoms with Gasteiger partial charge in [0.2, 0.25) is 0 Å². The maximum absolute atomic E-state index is 13.1. The quantitative estimate of drug-likeness (QED) is 0.556. The molecule has 0 unspecified atom stereocenters. The standard InChI is InChI=1S/C23H16Cl2N2O4/c24-17-7-5-13(9-18(17)25)11-26-23(30)16-4-2-1-3-15(16)22(29)14-6-8-20-19(10-14)27-21(28)12-31-20/h1-10H,11-12H2,(H,26,30)(H,27,28). The molecule has 2 amide bonds. The molecule has 156 valence electrons. The first-order valence-electron chi connectivity index (χ1n) is 9.35. The lowest BCUT2D eigenvalue weighted by atomic mass is 9.97. The maximum atomic E-state index is 13.1. The highest BCUT2D eigenvalue weighted by molar-refractivity contribution is 6.42. The van der Waals surface area contributed by atoms with Gasteiger partial charge in [0.05, 0.1) is 21.3 Å². The van der Waals surface area contributed by atoms with Crippen LogP contribution in [0.25, 0.3) is 0 Å². The Morgan fingerprint density at radius 3 is 2.52 bits per heavy atom. The third kappa shape index (κ3) is 4.55. The zero-order chi connectivity index (χ0) is 22.0. The molecule has 0 atom stereocenters. The second kappa shape index (κ2) is 8.79. The lowest BCUT2D eigenvalue weighted by Gasteiger charge is -2.18. The molecule has 0 fully saturated rings. The molecule has 2 N–H and O–H groups in total. The number of ether oxygens (including phenoxy) is 1. The van der Waals surface area contributed by atoms with Gasteiger partial charge in [0, 0.05) is 17.7 Å². The molecule has 3 aromatic rings. The van der Waals surface area contributed by atoms with Crippen molar-refractivity contribution in [3.05, 3.63) is 93.0 Å². The number of hydrogen-bond donors (Lipinski definition) is 2. The number of rotatable bonds is 5. The molecular weight excluding hydrogens is 439 g/mol. The van der Waals surface area contributed by atoms with Crippen molar-refractivity contribution in [1.29, 1.82) is 0 Å². The van der Waals surface area contributed by atoms with E-state index in [0.29, 0.717) is 27.0 Å². The van der Waals surface area contributed by atoms with Gasteiger partial charge in [-0.2, -0.15) is 0 Å². The summed E-state index contributed by atoms with van der Waals surface area (Å²) < 4.78 is 5.32. The Bertz CT molecular complexity index is 1210. The molecule has 6 nitrogen and oxygen atoms in total. The number of hydrogen-bond acceptors (Lipinski definition) is 4. The van der Waals surface area contributed by atoms with E-state index in [9.17, 15) is 14.4 Å². The molecule has 0 spiro atoms. The van der Waals surface area contributed by atoms with Gasteiger partial charge in [-0.1, -0.05) is 47.5 Å². The molecule has 4 rings (SSSR count). The summed E-state index contributed by atoms with van der Waals surface area (Å²) in [4.78, 5) is 37.5. The van der Waals surface area contributed by atoms with Gasteiger partial charge in [-0.25, -0.2) is 0 Å². The summed E-state index contributed by atoms with van der Waals surface area (Å²) in [7, 11) is 0. The molecule has 0 radical (unpaired) electrons. The van der Waals surface area contributed by atoms with Gasteiger partial charge in [-0.3, -0.25) is 14.4 Å². The van der Waals surface area contributed by atoms with E-state index in [2.05, 4.69) is 10.6 Å². The fraction of sp³-hybridized carbons (Fsp3) is 0.0870. The van der Waals surface area contributed by atoms with E-state index in [1.54, 1.807) is 60.7 Å². The molecular formula is C23H16Cl2N2O4. The second-order valence-corrected chi connectivity index (χ2v) is 7.67. The number of ketones is 1. The monoisotopic (exact) mass is 454 g/mol. The zero-order valence-electron chi connectivity index (χ0n) is 16.1. The first kappa shape index (κ1) is 20.9. The molecule has 0 bridgehead atoms. The molecule has 3 aromatic carbocycles. The second-order valence-electron chi connectivity index (χ2n) is 6.85. The first-order chi connectivity index (χ1) is 14.9. The van der Waals surface area contributed by atoms with Crippen molar-refractivity contribution in [2.24, 2.45) is 0 Å². The van der Waals surface area contributed by atoms with E-state index in [1.807, 2.05) is 0 Å². The normalized spacial score (nSPS) is 12.4. The molecule has 0 saturated heterocycles. The lowest BCUT2D eigenvalue weighted by Crippen LogP contribution is -2.26. The fourth-order valence-corrected chi connectivity index (χ4v) is 3.51. The number of carbonyl (C=O) groups excluding carboxylic acids is 3. The Balaban J connectivity index is 1.56. The number of nitrogens with one attached hydrogen (secondary N) is 2. The maximum Gasteiger partial charge on any atom is 0.262 e. The van der Waals surface area contributed by atoms with Crippen LogP contribution in [-0.4, -0.2) is 24.2 Å². The minimum Gasteiger partial charge on any atom is -0.482 e. The summed E-state index contributed by atoms with van der Waals surface area (Å²) in [6.45, 7) is 0.155. The van der Waals surface area contributed by atoms with Crippen LogP contribution in [-0.2, 0) is 11.3 Å². The third-order valence-corrected chi connectivity index (χ3v) is 5.47. The Labute approximate surface area is 188 Å². The van der Waals surface area contributed by atoms with E-state index in [1.165, 1.54) is 0 Å². The first-order valence-corrected chi connectivity index (χ1v) is 10.1. The molecule has 8 heteroatoms. The predicted octanol–water partition coefficient (Wildman–Crippen LogP) is 4.49. The summed E-state index contributed by atoms with van der Waals surface area (Å²) in [6.07, 6.45) is 0. The molecule has 0 aliphatic carbocycles. The summed E-state index contributed by atoms with van der Waals surface area (Å²) in [5.41, 5.74) is 2.01. The van der Waals surface area contributed by atoms with Crippen LogP contribution in [0, 0.1) is 0 Å². The van der Waals surface area contributed by atoms with Crippen LogP contribution in [0.3, 0.4) is 0 Å². The largest absolute Gasteiger partial charge is 0.482 e. The molecule has 0 saturated carbocycles. The minimum absolute atomic E-state index is 0.0673. The Morgan fingerprint density at radius 1 is 0.968 bits per heavy atom. The van der Waals surface area contributed by atoms with Gasteiger partial charge in [-0.05, 0) is 42.0 Å². The van der Waals surface area contributed by atoms with Crippen molar-refractivity contribution < 1.29 is 19.1 Å². The Kier molecular flexibility index (Phi) is 5.93. The van der Waals surface area contributed by atoms with Crippen LogP contribution in [0.15, 0.2) is 60.7 Å². The Morgan fingerprint density at radius 2 is 1.74 bits per heavy atom. The van der Waals surface area contributed by atoms with Gasteiger partial charge in [0.15, 0.2) is 12.4 Å². The molecule has 1 aliphatic rings. The van der Waals surface area contributed by atoms with E-state index in [4.69, 9.17) is 27.9 Å². The van der Waals surface area contributed by atoms with E-state index >= 15 is 0 Å². The topological polar surface area (TPSA) is 84.5 Å². The van der Waals surface area contributed by atoms with Crippen molar-refractivity contribution >= 4 is 46.5 Å². The summed E-state index contributed by atoms with van der Waals surface area (Å²) in [6, 6.07) is 16.4. The zero-order valence-corrected chi connectivity index (χ0v) is 17.6. The van der Waals surface area contributed by atoms with Gasteiger partial charge in [0.1, 0.15) is 5.75 Å². The molecule has 1 aliphatic heterocycles. The fourth-order valence-electron chi connectivity index (χ4n) is 3.19. The lowest BCUT2D eigenvalue weighted by molar-refractivity contribution is -0.118. The molecule has 31 heavy (non-hydrogen) atoms. The van der Waals surface area contributed by atoms with Crippen molar-refractivity contribution in [2.45, 2.75) is 6.54 Å². The Hall–Kier alpha value is -3.35. The molecule has 0 aromatic heterocycles. The van der Waals surface area contributed by atoms with Crippen LogP contribution in [0.2, 0.25) is 10.0 Å². The molecule has 1 heterocycles. The van der Waals surface area contributed by atoms with Crippen molar-refractivity contribution in [3.63, 3.8) is 0 Å². The van der Waals surface area contributed by atoms with Gasteiger partial charge >= 0.3 is 0 Å². The summed E-state index contributed by atoms with van der Waals surface area (Å²) in [5, 5.41) is 6.30. The van der Waals surface area contributed by atoms with E-state index in [0.717, 1.165) is 5.56 Å². The third-order valence-electron chi connectivity index (χ3n) is 4.73. The van der Waals surface area contributed by atoms with Crippen LogP contribution in [0.1, 0.15) is 31.8 Å². The van der Waals surface area contributed by atoms with Crippen molar-refractivity contribution in [3.8, 4) is 5.75 Å². The number of anilines is 1. The van der Waals surface area contributed by atoms with Crippen LogP contribution in [0.4, 0.5) is 5.69 Å².